The molecular formula is C15H18N2O4. The van der Waals surface area contributed by atoms with Gasteiger partial charge in [-0.1, -0.05) is 17.7 Å². The van der Waals surface area contributed by atoms with Crippen molar-refractivity contribution in [1.29, 1.82) is 0 Å². The third kappa shape index (κ3) is 3.81. The lowest BCUT2D eigenvalue weighted by molar-refractivity contribution is -0.148. The smallest absolute Gasteiger partial charge is 0.313 e. The Bertz CT molecular complexity index is 545. The molecular weight excluding hydrogens is 272 g/mol. The number of nitrogens with zero attached hydrogens (tertiary/aromatic N) is 1. The average molecular weight is 290 g/mol. The van der Waals surface area contributed by atoms with Gasteiger partial charge in [0.2, 0.25) is 0 Å². The number of amides is 2. The van der Waals surface area contributed by atoms with Gasteiger partial charge in [0, 0.05) is 18.8 Å². The lowest BCUT2D eigenvalue weighted by atomic mass is 9.97. The minimum absolute atomic E-state index is 0.303. The van der Waals surface area contributed by atoms with E-state index in [0.717, 1.165) is 5.56 Å². The zero-order valence-corrected chi connectivity index (χ0v) is 11.8. The number of aryl methyl sites for hydroxylation is 1. The van der Waals surface area contributed by atoms with E-state index in [-0.39, 0.29) is 0 Å². The van der Waals surface area contributed by atoms with Crippen molar-refractivity contribution in [1.82, 2.24) is 4.90 Å². The van der Waals surface area contributed by atoms with Crippen molar-refractivity contribution in [2.45, 2.75) is 19.8 Å². The fraction of sp³-hybridized carbons (Fsp3) is 0.400. The highest BCUT2D eigenvalue weighted by atomic mass is 16.4. The maximum Gasteiger partial charge on any atom is 0.313 e. The van der Waals surface area contributed by atoms with E-state index in [1.165, 1.54) is 4.90 Å². The second kappa shape index (κ2) is 6.39. The van der Waals surface area contributed by atoms with Crippen LogP contribution in [-0.4, -0.2) is 40.9 Å². The van der Waals surface area contributed by atoms with Crippen LogP contribution in [0.15, 0.2) is 24.3 Å². The fourth-order valence-electron chi connectivity index (χ4n) is 2.29. The molecule has 1 heterocycles. The van der Waals surface area contributed by atoms with Gasteiger partial charge in [-0.2, -0.15) is 0 Å². The minimum Gasteiger partial charge on any atom is -0.481 e. The zero-order valence-electron chi connectivity index (χ0n) is 11.8. The number of rotatable bonds is 2. The van der Waals surface area contributed by atoms with E-state index < -0.39 is 23.7 Å². The molecule has 2 N–H and O–H groups in total. The van der Waals surface area contributed by atoms with Crippen molar-refractivity contribution in [2.24, 2.45) is 5.92 Å². The number of benzene rings is 1. The van der Waals surface area contributed by atoms with Crippen LogP contribution in [0, 0.1) is 12.8 Å². The van der Waals surface area contributed by atoms with Crippen LogP contribution >= 0.6 is 0 Å². The molecule has 0 radical (unpaired) electrons. The summed E-state index contributed by atoms with van der Waals surface area (Å²) in [4.78, 5) is 36.2. The number of carbonyl (C=O) groups is 3. The average Bonchev–Trinajstić information content (AvgIpc) is 2.49. The Morgan fingerprint density at radius 1 is 1.14 bits per heavy atom. The molecule has 0 atom stereocenters. The Hall–Kier alpha value is -2.37. The van der Waals surface area contributed by atoms with E-state index in [1.807, 2.05) is 19.1 Å². The van der Waals surface area contributed by atoms with Crippen LogP contribution in [0.25, 0.3) is 0 Å². The summed E-state index contributed by atoms with van der Waals surface area (Å²) in [5.41, 5.74) is 1.63. The van der Waals surface area contributed by atoms with Crippen LogP contribution in [0.5, 0.6) is 0 Å². The van der Waals surface area contributed by atoms with Crippen LogP contribution in [0.1, 0.15) is 18.4 Å². The van der Waals surface area contributed by atoms with E-state index >= 15 is 0 Å². The van der Waals surface area contributed by atoms with Crippen molar-refractivity contribution >= 4 is 23.5 Å². The summed E-state index contributed by atoms with van der Waals surface area (Å²) >= 11 is 0. The molecule has 2 rings (SSSR count). The second-order valence-electron chi connectivity index (χ2n) is 5.22. The molecule has 0 aromatic heterocycles. The molecule has 1 aromatic carbocycles. The molecule has 0 aliphatic carbocycles. The second-order valence-corrected chi connectivity index (χ2v) is 5.22. The highest BCUT2D eigenvalue weighted by Crippen LogP contribution is 2.17. The van der Waals surface area contributed by atoms with Gasteiger partial charge in [0.05, 0.1) is 5.92 Å². The van der Waals surface area contributed by atoms with Crippen molar-refractivity contribution in [3.05, 3.63) is 29.8 Å². The Morgan fingerprint density at radius 2 is 1.71 bits per heavy atom. The van der Waals surface area contributed by atoms with Crippen LogP contribution in [0.2, 0.25) is 0 Å². The Balaban J connectivity index is 1.90. The SMILES string of the molecule is Cc1ccc(NC(=O)C(=O)N2CCC(C(=O)O)CC2)cc1. The number of nitrogens with one attached hydrogen (secondary N) is 1. The van der Waals surface area contributed by atoms with E-state index in [9.17, 15) is 14.4 Å². The predicted molar refractivity (Wildman–Crippen MR) is 76.7 cm³/mol. The number of hydrogen-bond donors (Lipinski definition) is 2. The zero-order chi connectivity index (χ0) is 15.4. The monoisotopic (exact) mass is 290 g/mol. The van der Waals surface area contributed by atoms with Crippen molar-refractivity contribution < 1.29 is 19.5 Å². The quantitative estimate of drug-likeness (QED) is 0.803. The Kier molecular flexibility index (Phi) is 4.57. The van der Waals surface area contributed by atoms with Crippen LogP contribution in [0.3, 0.4) is 0 Å². The van der Waals surface area contributed by atoms with Crippen molar-refractivity contribution in [3.63, 3.8) is 0 Å². The molecule has 2 amide bonds. The van der Waals surface area contributed by atoms with E-state index in [4.69, 9.17) is 5.11 Å². The topological polar surface area (TPSA) is 86.7 Å². The van der Waals surface area contributed by atoms with Gasteiger partial charge in [-0.3, -0.25) is 14.4 Å². The first-order valence-corrected chi connectivity index (χ1v) is 6.87. The summed E-state index contributed by atoms with van der Waals surface area (Å²) in [5, 5.41) is 11.5. The number of anilines is 1. The van der Waals surface area contributed by atoms with Crippen LogP contribution in [-0.2, 0) is 14.4 Å². The van der Waals surface area contributed by atoms with Crippen molar-refractivity contribution in [2.75, 3.05) is 18.4 Å². The van der Waals surface area contributed by atoms with Gasteiger partial charge in [0.1, 0.15) is 0 Å². The van der Waals surface area contributed by atoms with Gasteiger partial charge in [-0.25, -0.2) is 0 Å². The number of carboxylic acids is 1. The number of carbonyl (C=O) groups excluding carboxylic acids is 2. The maximum atomic E-state index is 12.0. The third-order valence-corrected chi connectivity index (χ3v) is 3.64. The standard InChI is InChI=1S/C15H18N2O4/c1-10-2-4-12(5-3-10)16-13(18)14(19)17-8-6-11(7-9-17)15(20)21/h2-5,11H,6-9H2,1H3,(H,16,18)(H,20,21). The summed E-state index contributed by atoms with van der Waals surface area (Å²) in [7, 11) is 0. The fourth-order valence-corrected chi connectivity index (χ4v) is 2.29. The van der Waals surface area contributed by atoms with Crippen LogP contribution in [0.4, 0.5) is 5.69 Å². The minimum atomic E-state index is -0.841. The lowest BCUT2D eigenvalue weighted by Crippen LogP contribution is -2.45. The van der Waals surface area contributed by atoms with Gasteiger partial charge >= 0.3 is 17.8 Å². The van der Waals surface area contributed by atoms with E-state index in [0.29, 0.717) is 31.6 Å². The molecule has 112 valence electrons. The molecule has 1 fully saturated rings. The van der Waals surface area contributed by atoms with Gasteiger partial charge in [-0.15, -0.1) is 0 Å². The Morgan fingerprint density at radius 3 is 2.24 bits per heavy atom. The molecule has 0 unspecified atom stereocenters. The van der Waals surface area contributed by atoms with E-state index in [1.54, 1.807) is 12.1 Å². The van der Waals surface area contributed by atoms with Gasteiger partial charge < -0.3 is 15.3 Å². The normalized spacial score (nSPS) is 15.6. The van der Waals surface area contributed by atoms with Crippen LogP contribution < -0.4 is 5.32 Å². The maximum absolute atomic E-state index is 12.0. The summed E-state index contributed by atoms with van der Waals surface area (Å²) in [6.07, 6.45) is 0.776. The number of carboxylic acid groups (broad SMARTS) is 1. The van der Waals surface area contributed by atoms with Gasteiger partial charge in [0.25, 0.3) is 0 Å². The van der Waals surface area contributed by atoms with Crippen molar-refractivity contribution in [3.8, 4) is 0 Å². The number of piperidine rings is 1. The van der Waals surface area contributed by atoms with Gasteiger partial charge in [0.15, 0.2) is 0 Å². The predicted octanol–water partition coefficient (Wildman–Crippen LogP) is 1.26. The molecule has 0 bridgehead atoms. The van der Waals surface area contributed by atoms with Gasteiger partial charge in [-0.05, 0) is 31.9 Å². The molecule has 1 aliphatic heterocycles. The summed E-state index contributed by atoms with van der Waals surface area (Å²) < 4.78 is 0. The first kappa shape index (κ1) is 15.0. The molecule has 1 aromatic rings. The highest BCUT2D eigenvalue weighted by Gasteiger charge is 2.29. The summed E-state index contributed by atoms with van der Waals surface area (Å²) in [5.74, 6) is -2.56. The first-order valence-electron chi connectivity index (χ1n) is 6.87. The third-order valence-electron chi connectivity index (χ3n) is 3.64. The molecule has 6 nitrogen and oxygen atoms in total. The summed E-state index contributed by atoms with van der Waals surface area (Å²) in [6, 6.07) is 7.16. The molecule has 0 spiro atoms. The largest absolute Gasteiger partial charge is 0.481 e. The lowest BCUT2D eigenvalue weighted by Gasteiger charge is -2.29. The highest BCUT2D eigenvalue weighted by molar-refractivity contribution is 6.39. The molecule has 21 heavy (non-hydrogen) atoms. The molecule has 1 aliphatic rings. The first-order chi connectivity index (χ1) is 9.97. The number of hydrogen-bond acceptors (Lipinski definition) is 3. The molecule has 1 saturated heterocycles. The van der Waals surface area contributed by atoms with E-state index in [2.05, 4.69) is 5.32 Å². The Labute approximate surface area is 122 Å². The number of likely N-dealkylation sites (tertiary alicyclic amines) is 1. The molecule has 6 heteroatoms. The summed E-state index contributed by atoms with van der Waals surface area (Å²) in [6.45, 7) is 2.54. The number of aliphatic carboxylic acids is 1. The molecule has 0 saturated carbocycles.